The van der Waals surface area contributed by atoms with Gasteiger partial charge in [-0.3, -0.25) is 4.79 Å². The number of fused-ring (bicyclic) bond motifs is 1. The molecule has 0 unspecified atom stereocenters. The lowest BCUT2D eigenvalue weighted by Gasteiger charge is -2.50. The van der Waals surface area contributed by atoms with Crippen LogP contribution in [0.1, 0.15) is 19.3 Å². The molecule has 7 nitrogen and oxygen atoms in total. The minimum Gasteiger partial charge on any atom is -0.377 e. The van der Waals surface area contributed by atoms with Gasteiger partial charge in [0, 0.05) is 39.2 Å². The second kappa shape index (κ2) is 7.61. The van der Waals surface area contributed by atoms with E-state index < -0.39 is 5.82 Å². The second-order valence-corrected chi connectivity index (χ2v) is 7.02. The van der Waals surface area contributed by atoms with Crippen LogP contribution in [0.5, 0.6) is 0 Å². The van der Waals surface area contributed by atoms with Gasteiger partial charge in [-0.05, 0) is 19.3 Å². The van der Waals surface area contributed by atoms with Crippen molar-refractivity contribution in [3.05, 3.63) is 18.2 Å². The molecule has 2 aliphatic rings. The molecule has 2 aliphatic heterocycles. The Morgan fingerprint density at radius 3 is 2.96 bits per heavy atom. The van der Waals surface area contributed by atoms with Gasteiger partial charge >= 0.3 is 0 Å². The highest BCUT2D eigenvalue weighted by Gasteiger charge is 2.46. The molecule has 8 heteroatoms. The number of aromatic nitrogens is 2. The Balaban J connectivity index is 1.70. The average Bonchev–Trinajstić information content (AvgIpc) is 2.61. The van der Waals surface area contributed by atoms with Crippen molar-refractivity contribution in [2.75, 3.05) is 51.9 Å². The van der Waals surface area contributed by atoms with E-state index >= 15 is 0 Å². The zero-order chi connectivity index (χ0) is 17.9. The quantitative estimate of drug-likeness (QED) is 0.790. The third-order valence-corrected chi connectivity index (χ3v) is 4.99. The molecule has 0 bridgehead atoms. The number of nitrogens with zero attached hydrogens (tertiary/aromatic N) is 4. The number of ether oxygens (including phenoxy) is 2. The Morgan fingerprint density at radius 2 is 2.24 bits per heavy atom. The van der Waals surface area contributed by atoms with Crippen LogP contribution in [0.4, 0.5) is 10.3 Å². The summed E-state index contributed by atoms with van der Waals surface area (Å²) in [6.45, 7) is 2.72. The molecule has 25 heavy (non-hydrogen) atoms. The lowest BCUT2D eigenvalue weighted by Crippen LogP contribution is -2.57. The van der Waals surface area contributed by atoms with Gasteiger partial charge in [-0.1, -0.05) is 0 Å². The molecular formula is C17H25FN4O3. The van der Waals surface area contributed by atoms with E-state index in [1.807, 2.05) is 0 Å². The van der Waals surface area contributed by atoms with Crippen LogP contribution in [0.2, 0.25) is 0 Å². The highest BCUT2D eigenvalue weighted by Crippen LogP contribution is 2.41. The van der Waals surface area contributed by atoms with Crippen molar-refractivity contribution in [1.29, 1.82) is 0 Å². The molecule has 138 valence electrons. The molecule has 1 aromatic heterocycles. The number of anilines is 1. The molecule has 0 spiro atoms. The van der Waals surface area contributed by atoms with Crippen molar-refractivity contribution in [2.45, 2.75) is 25.4 Å². The summed E-state index contributed by atoms with van der Waals surface area (Å²) >= 11 is 0. The van der Waals surface area contributed by atoms with Gasteiger partial charge in [0.15, 0.2) is 5.82 Å². The maximum absolute atomic E-state index is 13.1. The van der Waals surface area contributed by atoms with E-state index in [0.717, 1.165) is 32.4 Å². The minimum atomic E-state index is -0.445. The first-order valence-electron chi connectivity index (χ1n) is 8.62. The van der Waals surface area contributed by atoms with Crippen molar-refractivity contribution in [1.82, 2.24) is 14.9 Å². The Labute approximate surface area is 147 Å². The van der Waals surface area contributed by atoms with Crippen LogP contribution in [-0.4, -0.2) is 73.9 Å². The van der Waals surface area contributed by atoms with Crippen molar-refractivity contribution >= 4 is 11.9 Å². The summed E-state index contributed by atoms with van der Waals surface area (Å²) in [4.78, 5) is 23.5. The van der Waals surface area contributed by atoms with Gasteiger partial charge in [0.25, 0.3) is 0 Å². The van der Waals surface area contributed by atoms with Crippen LogP contribution in [0.15, 0.2) is 12.4 Å². The van der Waals surface area contributed by atoms with E-state index in [9.17, 15) is 9.18 Å². The maximum Gasteiger partial charge on any atom is 0.248 e. The van der Waals surface area contributed by atoms with E-state index in [2.05, 4.69) is 14.9 Å². The van der Waals surface area contributed by atoms with Gasteiger partial charge in [-0.2, -0.15) is 0 Å². The average molecular weight is 352 g/mol. The van der Waals surface area contributed by atoms with E-state index in [1.54, 1.807) is 14.1 Å². The third-order valence-electron chi connectivity index (χ3n) is 4.99. The summed E-state index contributed by atoms with van der Waals surface area (Å²) in [6, 6.07) is 0. The molecule has 0 aliphatic carbocycles. The van der Waals surface area contributed by atoms with E-state index in [4.69, 9.17) is 9.47 Å². The van der Waals surface area contributed by atoms with Crippen LogP contribution >= 0.6 is 0 Å². The third kappa shape index (κ3) is 4.07. The first kappa shape index (κ1) is 18.0. The van der Waals surface area contributed by atoms with Crippen LogP contribution < -0.4 is 4.90 Å². The fourth-order valence-electron chi connectivity index (χ4n) is 3.61. The van der Waals surface area contributed by atoms with Crippen molar-refractivity contribution in [3.8, 4) is 0 Å². The molecule has 0 saturated carbocycles. The molecule has 1 amide bonds. The monoisotopic (exact) mass is 352 g/mol. The van der Waals surface area contributed by atoms with Gasteiger partial charge in [-0.25, -0.2) is 14.4 Å². The molecule has 1 aromatic rings. The lowest BCUT2D eigenvalue weighted by molar-refractivity contribution is -0.144. The molecule has 3 rings (SSSR count). The van der Waals surface area contributed by atoms with E-state index in [1.165, 1.54) is 17.3 Å². The number of piperidine rings is 1. The maximum atomic E-state index is 13.1. The normalized spacial score (nSPS) is 26.2. The van der Waals surface area contributed by atoms with E-state index in [-0.39, 0.29) is 24.0 Å². The number of hydrogen-bond acceptors (Lipinski definition) is 6. The second-order valence-electron chi connectivity index (χ2n) is 7.02. The Kier molecular flexibility index (Phi) is 5.48. The summed E-state index contributed by atoms with van der Waals surface area (Å²) in [6.07, 6.45) is 5.24. The molecule has 0 radical (unpaired) electrons. The molecule has 2 atom stereocenters. The zero-order valence-corrected chi connectivity index (χ0v) is 14.8. The Hall–Kier alpha value is -1.80. The van der Waals surface area contributed by atoms with Gasteiger partial charge < -0.3 is 19.3 Å². The first-order chi connectivity index (χ1) is 12.0. The highest BCUT2D eigenvalue weighted by molar-refractivity contribution is 5.76. The predicted molar refractivity (Wildman–Crippen MR) is 89.7 cm³/mol. The molecule has 3 heterocycles. The molecule has 2 saturated heterocycles. The van der Waals surface area contributed by atoms with E-state index in [0.29, 0.717) is 19.1 Å². The predicted octanol–water partition coefficient (Wildman–Crippen LogP) is 1.10. The number of halogens is 1. The number of carbonyl (C=O) groups excluding carboxylic acids is 1. The van der Waals surface area contributed by atoms with Gasteiger partial charge in [0.05, 0.1) is 25.1 Å². The Bertz CT molecular complexity index is 598. The van der Waals surface area contributed by atoms with Crippen LogP contribution in [0, 0.1) is 11.2 Å². The van der Waals surface area contributed by atoms with Crippen LogP contribution in [0.3, 0.4) is 0 Å². The number of amides is 1. The van der Waals surface area contributed by atoms with Gasteiger partial charge in [0.2, 0.25) is 11.9 Å². The summed E-state index contributed by atoms with van der Waals surface area (Å²) in [5.41, 5.74) is -0.194. The minimum absolute atomic E-state index is 0.0563. The summed E-state index contributed by atoms with van der Waals surface area (Å²) in [7, 11) is 3.43. The Morgan fingerprint density at radius 1 is 1.48 bits per heavy atom. The number of rotatable bonds is 5. The lowest BCUT2D eigenvalue weighted by atomic mass is 9.73. The SMILES string of the molecule is CN(C)C(=O)COC[C@]12CCCO[C@H]1CCN(c1ncc(F)cn1)C2. The molecule has 0 aromatic carbocycles. The first-order valence-corrected chi connectivity index (χ1v) is 8.62. The standard InChI is InChI=1S/C17H25FN4O3/c1-21(2)15(23)10-24-12-17-5-3-7-25-14(17)4-6-22(11-17)16-19-8-13(18)9-20-16/h8-9,14H,3-7,10-12H2,1-2H3/t14-,17+/m0/s1. The van der Waals surface area contributed by atoms with Crippen molar-refractivity contribution < 1.29 is 18.7 Å². The number of likely N-dealkylation sites (N-methyl/N-ethyl adjacent to an activating group) is 1. The fraction of sp³-hybridized carbons (Fsp3) is 0.706. The molecule has 2 fully saturated rings. The topological polar surface area (TPSA) is 67.8 Å². The zero-order valence-electron chi connectivity index (χ0n) is 14.8. The smallest absolute Gasteiger partial charge is 0.248 e. The number of hydrogen-bond donors (Lipinski definition) is 0. The van der Waals surface area contributed by atoms with Crippen LogP contribution in [0.25, 0.3) is 0 Å². The van der Waals surface area contributed by atoms with Crippen molar-refractivity contribution in [3.63, 3.8) is 0 Å². The molecule has 0 N–H and O–H groups in total. The highest BCUT2D eigenvalue weighted by atomic mass is 19.1. The fourth-order valence-corrected chi connectivity index (χ4v) is 3.61. The summed E-state index contributed by atoms with van der Waals surface area (Å²) in [5, 5.41) is 0. The largest absolute Gasteiger partial charge is 0.377 e. The number of carbonyl (C=O) groups is 1. The van der Waals surface area contributed by atoms with Crippen LogP contribution in [-0.2, 0) is 14.3 Å². The van der Waals surface area contributed by atoms with Crippen molar-refractivity contribution in [2.24, 2.45) is 5.41 Å². The van der Waals surface area contributed by atoms with Gasteiger partial charge in [0.1, 0.15) is 6.61 Å². The summed E-state index contributed by atoms with van der Waals surface area (Å²) < 4.78 is 24.8. The van der Waals surface area contributed by atoms with Gasteiger partial charge in [-0.15, -0.1) is 0 Å². The summed E-state index contributed by atoms with van der Waals surface area (Å²) in [5.74, 6) is 0.0215. The molecular weight excluding hydrogens is 327 g/mol.